The fraction of sp³-hybridized carbons (Fsp3) is 0.143. The average molecular weight is 470 g/mol. The van der Waals surface area contributed by atoms with Crippen LogP contribution in [-0.4, -0.2) is 32.6 Å². The zero-order valence-corrected chi connectivity index (χ0v) is 19.7. The minimum absolute atomic E-state index is 0.128. The van der Waals surface area contributed by atoms with Crippen LogP contribution in [0.3, 0.4) is 0 Å². The Labute approximate surface area is 203 Å². The topological polar surface area (TPSA) is 132 Å². The predicted molar refractivity (Wildman–Crippen MR) is 140 cm³/mol. The maximum Gasteiger partial charge on any atom is 0.166 e. The molecule has 4 aromatic carbocycles. The normalized spacial score (nSPS) is 12.0. The van der Waals surface area contributed by atoms with Crippen molar-refractivity contribution in [3.05, 3.63) is 82.4 Å². The minimum atomic E-state index is -0.385. The first-order chi connectivity index (χ1) is 16.8. The van der Waals surface area contributed by atoms with Gasteiger partial charge in [-0.3, -0.25) is 4.99 Å². The average Bonchev–Trinajstić information content (AvgIpc) is 2.88. The lowest BCUT2D eigenvalue weighted by molar-refractivity contribution is 0.404. The summed E-state index contributed by atoms with van der Waals surface area (Å²) >= 11 is 0. The Hall–Kier alpha value is -4.52. The van der Waals surface area contributed by atoms with E-state index in [-0.39, 0.29) is 28.4 Å². The van der Waals surface area contributed by atoms with Crippen molar-refractivity contribution in [1.29, 1.82) is 0 Å². The number of aryl methyl sites for hydroxylation is 1. The monoisotopic (exact) mass is 469 g/mol. The molecule has 0 saturated heterocycles. The Balaban J connectivity index is 1.80. The molecule has 0 atom stereocenters. The number of nitrogens with zero attached hydrogens (tertiary/aromatic N) is 2. The highest BCUT2D eigenvalue weighted by atomic mass is 16.3. The Morgan fingerprint density at radius 1 is 0.743 bits per heavy atom. The van der Waals surface area contributed by atoms with Gasteiger partial charge in [-0.15, -0.1) is 0 Å². The summed E-state index contributed by atoms with van der Waals surface area (Å²) in [6, 6.07) is 16.8. The zero-order valence-electron chi connectivity index (χ0n) is 19.7. The van der Waals surface area contributed by atoms with Gasteiger partial charge in [0.1, 0.15) is 11.5 Å². The van der Waals surface area contributed by atoms with Gasteiger partial charge in [-0.25, -0.2) is 4.99 Å². The van der Waals surface area contributed by atoms with E-state index >= 15 is 0 Å². The first-order valence-electron chi connectivity index (χ1n) is 11.1. The summed E-state index contributed by atoms with van der Waals surface area (Å²) in [6.07, 6.45) is 1.21. The second-order valence-electron chi connectivity index (χ2n) is 8.38. The smallest absolute Gasteiger partial charge is 0.166 e. The van der Waals surface area contributed by atoms with Crippen LogP contribution in [0.1, 0.15) is 27.8 Å². The van der Waals surface area contributed by atoms with Crippen LogP contribution in [0, 0.1) is 20.8 Å². The van der Waals surface area contributed by atoms with Crippen molar-refractivity contribution in [3.63, 3.8) is 0 Å². The molecule has 178 valence electrons. The fourth-order valence-electron chi connectivity index (χ4n) is 4.20. The van der Waals surface area contributed by atoms with Gasteiger partial charge in [0.05, 0.1) is 12.9 Å². The van der Waals surface area contributed by atoms with Crippen LogP contribution in [0.5, 0.6) is 23.0 Å². The number of hydrogen-bond acceptors (Lipinski definition) is 5. The van der Waals surface area contributed by atoms with E-state index in [0.717, 1.165) is 11.1 Å². The standard InChI is InChI=1S/C28H27N3O4/c1-15-16(2)26(34)27(35)23-21(15)24(32)17(3)25(33)22(23)19-11-9-18(10-12-19)13-30-28(31-14-29)20-7-5-4-6-8-20/h4-12,14,32-35H,13H2,1-3H3,(H2,29,30,31). The highest BCUT2D eigenvalue weighted by Gasteiger charge is 2.25. The lowest BCUT2D eigenvalue weighted by Gasteiger charge is -2.19. The number of aliphatic imine (C=N–C) groups is 2. The van der Waals surface area contributed by atoms with E-state index in [1.165, 1.54) is 6.34 Å². The molecule has 0 aromatic heterocycles. The van der Waals surface area contributed by atoms with Crippen molar-refractivity contribution in [3.8, 4) is 34.1 Å². The van der Waals surface area contributed by atoms with Crippen LogP contribution in [0.25, 0.3) is 21.9 Å². The minimum Gasteiger partial charge on any atom is -0.507 e. The first-order valence-corrected chi connectivity index (χ1v) is 11.1. The molecule has 0 aliphatic heterocycles. The van der Waals surface area contributed by atoms with Gasteiger partial charge < -0.3 is 26.2 Å². The molecule has 0 radical (unpaired) electrons. The predicted octanol–water partition coefficient (Wildman–Crippen LogP) is 5.19. The Bertz CT molecular complexity index is 1470. The van der Waals surface area contributed by atoms with E-state index < -0.39 is 0 Å². The zero-order chi connectivity index (χ0) is 25.3. The van der Waals surface area contributed by atoms with Gasteiger partial charge >= 0.3 is 0 Å². The summed E-state index contributed by atoms with van der Waals surface area (Å²) < 4.78 is 0. The molecule has 0 heterocycles. The van der Waals surface area contributed by atoms with E-state index in [9.17, 15) is 20.4 Å². The molecule has 4 rings (SSSR count). The molecular weight excluding hydrogens is 442 g/mol. The molecule has 0 amide bonds. The molecule has 0 fully saturated rings. The third kappa shape index (κ3) is 4.12. The van der Waals surface area contributed by atoms with Gasteiger partial charge in [-0.05, 0) is 43.0 Å². The molecule has 0 saturated carbocycles. The molecule has 7 heteroatoms. The molecule has 0 spiro atoms. The largest absolute Gasteiger partial charge is 0.507 e. The number of rotatable bonds is 4. The van der Waals surface area contributed by atoms with Crippen LogP contribution in [0.2, 0.25) is 0 Å². The number of fused-ring (bicyclic) bond motifs is 1. The Morgan fingerprint density at radius 2 is 1.40 bits per heavy atom. The number of nitrogens with two attached hydrogens (primary N) is 1. The molecule has 0 aliphatic carbocycles. The van der Waals surface area contributed by atoms with E-state index in [2.05, 4.69) is 9.98 Å². The summed E-state index contributed by atoms with van der Waals surface area (Å²) in [6.45, 7) is 5.39. The quantitative estimate of drug-likeness (QED) is 0.159. The molecular formula is C28H27N3O4. The highest BCUT2D eigenvalue weighted by molar-refractivity contribution is 6.10. The number of amidine groups is 1. The van der Waals surface area contributed by atoms with E-state index in [1.807, 2.05) is 42.5 Å². The van der Waals surface area contributed by atoms with Gasteiger partial charge in [-0.1, -0.05) is 54.6 Å². The summed E-state index contributed by atoms with van der Waals surface area (Å²) in [5.74, 6) is -0.441. The number of phenols is 4. The fourth-order valence-corrected chi connectivity index (χ4v) is 4.20. The van der Waals surface area contributed by atoms with Crippen LogP contribution < -0.4 is 5.73 Å². The molecule has 0 unspecified atom stereocenters. The number of phenolic OH excluding ortho intramolecular Hbond substituents is 4. The second kappa shape index (κ2) is 9.38. The van der Waals surface area contributed by atoms with Crippen molar-refractivity contribution in [2.75, 3.05) is 0 Å². The van der Waals surface area contributed by atoms with E-state index in [1.54, 1.807) is 32.9 Å². The van der Waals surface area contributed by atoms with Crippen molar-refractivity contribution >= 4 is 22.9 Å². The first kappa shape index (κ1) is 23.6. The summed E-state index contributed by atoms with van der Waals surface area (Å²) in [7, 11) is 0. The number of hydrogen-bond donors (Lipinski definition) is 5. The van der Waals surface area contributed by atoms with Gasteiger partial charge in [0.2, 0.25) is 0 Å². The van der Waals surface area contributed by atoms with Crippen LogP contribution in [0.15, 0.2) is 64.6 Å². The van der Waals surface area contributed by atoms with Gasteiger partial charge in [0.15, 0.2) is 17.3 Å². The van der Waals surface area contributed by atoms with Crippen LogP contribution in [-0.2, 0) is 6.54 Å². The molecule has 6 N–H and O–H groups in total. The van der Waals surface area contributed by atoms with Crippen molar-refractivity contribution in [1.82, 2.24) is 0 Å². The third-order valence-corrected chi connectivity index (χ3v) is 6.32. The van der Waals surface area contributed by atoms with Crippen LogP contribution >= 0.6 is 0 Å². The van der Waals surface area contributed by atoms with Crippen molar-refractivity contribution in [2.24, 2.45) is 15.7 Å². The van der Waals surface area contributed by atoms with Crippen LogP contribution in [0.4, 0.5) is 0 Å². The lowest BCUT2D eigenvalue weighted by Crippen LogP contribution is -2.02. The molecule has 0 bridgehead atoms. The van der Waals surface area contributed by atoms with E-state index in [0.29, 0.717) is 45.6 Å². The Kier molecular flexibility index (Phi) is 6.34. The van der Waals surface area contributed by atoms with Gasteiger partial charge in [0.25, 0.3) is 0 Å². The number of aromatic hydroxyl groups is 4. The van der Waals surface area contributed by atoms with Gasteiger partial charge in [-0.2, -0.15) is 0 Å². The SMILES string of the molecule is Cc1c(O)c(O)c2c(-c3ccc(CN=C(N=CN)c4ccccc4)cc3)c(O)c(C)c(O)c2c1C. The molecule has 35 heavy (non-hydrogen) atoms. The third-order valence-electron chi connectivity index (χ3n) is 6.32. The summed E-state index contributed by atoms with van der Waals surface area (Å²) in [4.78, 5) is 8.75. The maximum absolute atomic E-state index is 10.9. The second-order valence-corrected chi connectivity index (χ2v) is 8.38. The lowest BCUT2D eigenvalue weighted by atomic mass is 9.88. The van der Waals surface area contributed by atoms with Crippen molar-refractivity contribution < 1.29 is 20.4 Å². The summed E-state index contributed by atoms with van der Waals surface area (Å²) in [5.41, 5.74) is 9.56. The van der Waals surface area contributed by atoms with Crippen molar-refractivity contribution in [2.45, 2.75) is 27.3 Å². The highest BCUT2D eigenvalue weighted by Crippen LogP contribution is 2.52. The summed E-state index contributed by atoms with van der Waals surface area (Å²) in [5, 5.41) is 43.5. The van der Waals surface area contributed by atoms with E-state index in [4.69, 9.17) is 5.73 Å². The number of benzene rings is 4. The Morgan fingerprint density at radius 3 is 2.03 bits per heavy atom. The molecule has 0 aliphatic rings. The molecule has 4 aromatic rings. The maximum atomic E-state index is 10.9. The van der Waals surface area contributed by atoms with Gasteiger partial charge in [0, 0.05) is 27.5 Å². The molecule has 7 nitrogen and oxygen atoms in total.